The second-order valence-electron chi connectivity index (χ2n) is 11.3. The van der Waals surface area contributed by atoms with E-state index in [-0.39, 0.29) is 28.7 Å². The Balaban J connectivity index is 1.57. The second kappa shape index (κ2) is 11.7. The molecule has 12 nitrogen and oxygen atoms in total. The summed E-state index contributed by atoms with van der Waals surface area (Å²) >= 11 is 0. The Kier molecular flexibility index (Phi) is 8.42. The molecule has 1 unspecified atom stereocenters. The molecule has 0 spiro atoms. The lowest BCUT2D eigenvalue weighted by atomic mass is 9.73. The number of fused-ring (bicyclic) bond motifs is 3. The summed E-state index contributed by atoms with van der Waals surface area (Å²) in [4.78, 5) is 50.3. The van der Waals surface area contributed by atoms with Crippen molar-refractivity contribution >= 4 is 23.4 Å². The number of phenols is 2. The van der Waals surface area contributed by atoms with E-state index in [4.69, 9.17) is 18.9 Å². The summed E-state index contributed by atoms with van der Waals surface area (Å²) in [6, 6.07) is 4.57. The van der Waals surface area contributed by atoms with Crippen LogP contribution in [0.2, 0.25) is 0 Å². The molecule has 45 heavy (non-hydrogen) atoms. The molecular formula is C30H30F3NO11. The summed E-state index contributed by atoms with van der Waals surface area (Å²) < 4.78 is 61.4. The Morgan fingerprint density at radius 1 is 1.09 bits per heavy atom. The molecule has 0 radical (unpaired) electrons. The van der Waals surface area contributed by atoms with Crippen molar-refractivity contribution in [2.75, 3.05) is 13.7 Å². The molecule has 1 amide bonds. The molecule has 1 aliphatic heterocycles. The number of carbonyl (C=O) groups is 4. The predicted molar refractivity (Wildman–Crippen MR) is 145 cm³/mol. The Bertz CT molecular complexity index is 1580. The third kappa shape index (κ3) is 5.88. The molecule has 1 heterocycles. The van der Waals surface area contributed by atoms with E-state index in [9.17, 15) is 47.7 Å². The Labute approximate surface area is 254 Å². The molecule has 1 fully saturated rings. The average molecular weight is 638 g/mol. The Hall–Kier alpha value is -4.05. The van der Waals surface area contributed by atoms with Crippen LogP contribution in [-0.4, -0.2) is 88.8 Å². The SMILES string of the molecule is CO[C@@H]1[C@@H](NC(=O)C(F)(F)F)C[C@H](O[C@H]2CC(O)(COC(C)=O)Cc3c(O)c4c(c(O)c32)C(=O)c2ccccc2C4=O)O[C@@H]1C. The Morgan fingerprint density at radius 2 is 1.69 bits per heavy atom. The Morgan fingerprint density at radius 3 is 2.24 bits per heavy atom. The van der Waals surface area contributed by atoms with Gasteiger partial charge in [0.1, 0.15) is 29.8 Å². The van der Waals surface area contributed by atoms with Crippen LogP contribution in [0, 0.1) is 0 Å². The molecule has 3 aliphatic rings. The highest BCUT2D eigenvalue weighted by Gasteiger charge is 2.49. The highest BCUT2D eigenvalue weighted by molar-refractivity contribution is 6.30. The van der Waals surface area contributed by atoms with Gasteiger partial charge in [0.15, 0.2) is 17.9 Å². The van der Waals surface area contributed by atoms with Crippen LogP contribution < -0.4 is 5.32 Å². The number of benzene rings is 2. The number of methoxy groups -OCH3 is 1. The number of nitrogens with one attached hydrogen (secondary N) is 1. The van der Waals surface area contributed by atoms with Gasteiger partial charge in [-0.1, -0.05) is 24.3 Å². The van der Waals surface area contributed by atoms with Crippen LogP contribution in [0.15, 0.2) is 24.3 Å². The molecule has 0 aromatic heterocycles. The number of phenolic OH excluding ortho intramolecular Hbond substituents is 2. The van der Waals surface area contributed by atoms with Crippen LogP contribution in [-0.2, 0) is 35.0 Å². The highest BCUT2D eigenvalue weighted by Crippen LogP contribution is 2.52. The van der Waals surface area contributed by atoms with Crippen molar-refractivity contribution in [2.24, 2.45) is 0 Å². The molecule has 1 saturated heterocycles. The second-order valence-corrected chi connectivity index (χ2v) is 11.3. The number of ether oxygens (including phenoxy) is 4. The number of hydrogen-bond acceptors (Lipinski definition) is 11. The third-order valence-corrected chi connectivity index (χ3v) is 8.23. The van der Waals surface area contributed by atoms with Crippen molar-refractivity contribution in [3.05, 3.63) is 57.6 Å². The maximum absolute atomic E-state index is 13.5. The average Bonchev–Trinajstić information content (AvgIpc) is 2.96. The van der Waals surface area contributed by atoms with Crippen LogP contribution in [0.4, 0.5) is 13.2 Å². The first-order valence-corrected chi connectivity index (χ1v) is 13.9. The van der Waals surface area contributed by atoms with Gasteiger partial charge in [-0.2, -0.15) is 13.2 Å². The number of hydrogen-bond donors (Lipinski definition) is 4. The molecule has 242 valence electrons. The number of halogens is 3. The summed E-state index contributed by atoms with van der Waals surface area (Å²) in [6.45, 7) is 1.99. The molecule has 15 heteroatoms. The van der Waals surface area contributed by atoms with Crippen LogP contribution in [0.3, 0.4) is 0 Å². The van der Waals surface area contributed by atoms with Crippen molar-refractivity contribution in [3.63, 3.8) is 0 Å². The summed E-state index contributed by atoms with van der Waals surface area (Å²) in [7, 11) is 1.23. The smallest absolute Gasteiger partial charge is 0.471 e. The molecular weight excluding hydrogens is 607 g/mol. The lowest BCUT2D eigenvalue weighted by Crippen LogP contribution is -2.58. The van der Waals surface area contributed by atoms with Gasteiger partial charge < -0.3 is 39.6 Å². The van der Waals surface area contributed by atoms with E-state index in [2.05, 4.69) is 0 Å². The standard InChI is InChI=1S/C30H30F3NO11/c1-12-27(42-3)17(34-28(40)30(31,32)33)8-19(44-12)45-18-10-29(41,11-43-13(2)35)9-16-20(18)26(39)22-21(25(16)38)23(36)14-6-4-5-7-15(14)24(22)37/h4-7,12,17-19,27,38-39,41H,8-11H2,1-3H3,(H,34,40)/t12-,17+,18+,19+,27+,29?/m1/s1. The number of aliphatic hydroxyl groups is 1. The van der Waals surface area contributed by atoms with Gasteiger partial charge in [0.05, 0.1) is 29.4 Å². The van der Waals surface area contributed by atoms with Crippen molar-refractivity contribution in [3.8, 4) is 11.5 Å². The topological polar surface area (TPSA) is 178 Å². The van der Waals surface area contributed by atoms with E-state index < -0.39 is 108 Å². The van der Waals surface area contributed by atoms with Gasteiger partial charge in [0.2, 0.25) is 0 Å². The molecule has 2 aromatic rings. The number of alkyl halides is 3. The maximum atomic E-state index is 13.5. The monoisotopic (exact) mass is 637 g/mol. The minimum atomic E-state index is -5.18. The predicted octanol–water partition coefficient (Wildman–Crippen LogP) is 2.37. The first-order chi connectivity index (χ1) is 21.1. The van der Waals surface area contributed by atoms with Crippen LogP contribution >= 0.6 is 0 Å². The highest BCUT2D eigenvalue weighted by atomic mass is 19.4. The van der Waals surface area contributed by atoms with E-state index in [0.717, 1.165) is 6.92 Å². The first kappa shape index (κ1) is 32.3. The molecule has 2 aromatic carbocycles. The fourth-order valence-corrected chi connectivity index (χ4v) is 6.28. The number of esters is 1. The number of aromatic hydroxyl groups is 2. The third-order valence-electron chi connectivity index (χ3n) is 8.23. The maximum Gasteiger partial charge on any atom is 0.471 e. The van der Waals surface area contributed by atoms with E-state index in [1.165, 1.54) is 38.3 Å². The van der Waals surface area contributed by atoms with Gasteiger partial charge in [0.25, 0.3) is 0 Å². The number of amides is 1. The zero-order valence-corrected chi connectivity index (χ0v) is 24.3. The number of carbonyl (C=O) groups excluding carboxylic acids is 4. The quantitative estimate of drug-likeness (QED) is 0.230. The van der Waals surface area contributed by atoms with Gasteiger partial charge in [-0.15, -0.1) is 0 Å². The summed E-state index contributed by atoms with van der Waals surface area (Å²) in [6.07, 6.45) is -11.1. The van der Waals surface area contributed by atoms with Crippen molar-refractivity contribution in [1.82, 2.24) is 5.32 Å². The summed E-state index contributed by atoms with van der Waals surface area (Å²) in [5, 5.41) is 36.3. The van der Waals surface area contributed by atoms with Crippen LogP contribution in [0.25, 0.3) is 0 Å². The van der Waals surface area contributed by atoms with E-state index in [1.54, 1.807) is 0 Å². The number of rotatable bonds is 6. The molecule has 4 N–H and O–H groups in total. The summed E-state index contributed by atoms with van der Waals surface area (Å²) in [5.41, 5.74) is -3.25. The molecule has 2 aliphatic carbocycles. The van der Waals surface area contributed by atoms with E-state index >= 15 is 0 Å². The fraction of sp³-hybridized carbons (Fsp3) is 0.467. The fourth-order valence-electron chi connectivity index (χ4n) is 6.28. The molecule has 0 saturated carbocycles. The van der Waals surface area contributed by atoms with Crippen molar-refractivity contribution < 1.29 is 66.6 Å². The molecule has 5 rings (SSSR count). The van der Waals surface area contributed by atoms with Gasteiger partial charge in [-0.3, -0.25) is 19.2 Å². The van der Waals surface area contributed by atoms with Gasteiger partial charge >= 0.3 is 18.1 Å². The van der Waals surface area contributed by atoms with E-state index in [1.807, 2.05) is 5.32 Å². The lowest BCUT2D eigenvalue weighted by molar-refractivity contribution is -0.255. The zero-order valence-electron chi connectivity index (χ0n) is 24.3. The van der Waals surface area contributed by atoms with Gasteiger partial charge in [-0.05, 0) is 6.92 Å². The first-order valence-electron chi connectivity index (χ1n) is 13.9. The van der Waals surface area contributed by atoms with E-state index in [0.29, 0.717) is 0 Å². The van der Waals surface area contributed by atoms with Gasteiger partial charge in [-0.25, -0.2) is 0 Å². The number of ketones is 2. The zero-order chi connectivity index (χ0) is 33.0. The normalized spacial score (nSPS) is 27.7. The molecule has 6 atom stereocenters. The van der Waals surface area contributed by atoms with Gasteiger partial charge in [0, 0.05) is 55.5 Å². The largest absolute Gasteiger partial charge is 0.507 e. The lowest BCUT2D eigenvalue weighted by Gasteiger charge is -2.44. The minimum Gasteiger partial charge on any atom is -0.507 e. The van der Waals surface area contributed by atoms with Crippen LogP contribution in [0.5, 0.6) is 11.5 Å². The van der Waals surface area contributed by atoms with Crippen molar-refractivity contribution in [1.29, 1.82) is 0 Å². The molecule has 0 bridgehead atoms. The summed E-state index contributed by atoms with van der Waals surface area (Å²) in [5.74, 6) is -5.85. The van der Waals surface area contributed by atoms with Crippen LogP contribution in [0.1, 0.15) is 75.8 Å². The minimum absolute atomic E-state index is 0.00679. The van der Waals surface area contributed by atoms with Crippen molar-refractivity contribution in [2.45, 2.75) is 75.5 Å².